The van der Waals surface area contributed by atoms with Gasteiger partial charge in [-0.3, -0.25) is 0 Å². The normalized spacial score (nSPS) is 11.8. The van der Waals surface area contributed by atoms with Crippen LogP contribution in [0.5, 0.6) is 0 Å². The highest BCUT2D eigenvalue weighted by atomic mass is 35.5. The molecule has 0 aliphatic heterocycles. The van der Waals surface area contributed by atoms with E-state index in [-0.39, 0.29) is 31.0 Å². The van der Waals surface area contributed by atoms with Gasteiger partial charge < -0.3 is 0 Å². The van der Waals surface area contributed by atoms with Crippen molar-refractivity contribution in [1.82, 2.24) is 4.98 Å². The molecule has 0 saturated heterocycles. The average Bonchev–Trinajstić information content (AvgIpc) is 2.14. The Morgan fingerprint density at radius 1 is 1.06 bits per heavy atom. The monoisotopic (exact) mass is 321 g/mol. The molecule has 0 amide bonds. The number of aromatic nitrogens is 1. The summed E-state index contributed by atoms with van der Waals surface area (Å²) >= 11 is 22.8. The van der Waals surface area contributed by atoms with Crippen molar-refractivity contribution in [3.8, 4) is 0 Å². The van der Waals surface area contributed by atoms with Crippen molar-refractivity contribution in [3.63, 3.8) is 0 Å². The van der Waals surface area contributed by atoms with Crippen molar-refractivity contribution in [1.29, 1.82) is 0 Å². The second-order valence-corrected chi connectivity index (χ2v) is 6.49. The van der Waals surface area contributed by atoms with Crippen LogP contribution < -0.4 is 0 Å². The maximum absolute atomic E-state index is 11.9. The van der Waals surface area contributed by atoms with Crippen LogP contribution in [0.4, 0.5) is 0 Å². The van der Waals surface area contributed by atoms with Gasteiger partial charge in [0.1, 0.15) is 4.90 Å². The summed E-state index contributed by atoms with van der Waals surface area (Å²) in [7, 11) is -3.59. The zero-order chi connectivity index (χ0) is 12.5. The molecule has 0 atom stereocenters. The Labute approximate surface area is 114 Å². The lowest BCUT2D eigenvalue weighted by Gasteiger charge is -2.09. The van der Waals surface area contributed by atoms with Gasteiger partial charge in [-0.15, -0.1) is 0 Å². The molecule has 1 heterocycles. The summed E-state index contributed by atoms with van der Waals surface area (Å²) in [6, 6.07) is 0. The Balaban J connectivity index is 3.56. The second-order valence-electron chi connectivity index (χ2n) is 2.97. The van der Waals surface area contributed by atoms with Crippen LogP contribution in [0.3, 0.4) is 0 Å². The fraction of sp³-hybridized carbons (Fsp3) is 0.375. The van der Waals surface area contributed by atoms with Crippen molar-refractivity contribution in [2.24, 2.45) is 0 Å². The van der Waals surface area contributed by atoms with E-state index in [4.69, 9.17) is 46.4 Å². The summed E-state index contributed by atoms with van der Waals surface area (Å²) in [6.07, 6.45) is 0.437. The smallest absolute Gasteiger partial charge is 0.181 e. The molecule has 0 radical (unpaired) electrons. The number of hydrogen-bond donors (Lipinski definition) is 0. The van der Waals surface area contributed by atoms with Crippen molar-refractivity contribution >= 4 is 56.2 Å². The number of hydrogen-bond acceptors (Lipinski definition) is 3. The third-order valence-corrected chi connectivity index (χ3v) is 5.42. The highest BCUT2D eigenvalue weighted by Crippen LogP contribution is 2.38. The molecular formula is C8H7Cl4NO2S. The van der Waals surface area contributed by atoms with Crippen molar-refractivity contribution < 1.29 is 8.42 Å². The van der Waals surface area contributed by atoms with E-state index in [9.17, 15) is 8.42 Å². The Morgan fingerprint density at radius 3 is 1.88 bits per heavy atom. The molecule has 1 aromatic heterocycles. The first-order valence-corrected chi connectivity index (χ1v) is 7.40. The molecule has 0 aromatic carbocycles. The number of pyridine rings is 1. The van der Waals surface area contributed by atoms with E-state index >= 15 is 0 Å². The lowest BCUT2D eigenvalue weighted by atomic mass is 10.5. The molecule has 0 unspecified atom stereocenters. The van der Waals surface area contributed by atoms with Gasteiger partial charge in [0.05, 0.1) is 15.8 Å². The minimum atomic E-state index is -3.59. The molecule has 0 aliphatic rings. The van der Waals surface area contributed by atoms with E-state index in [2.05, 4.69) is 4.98 Å². The van der Waals surface area contributed by atoms with E-state index in [1.165, 1.54) is 0 Å². The van der Waals surface area contributed by atoms with Crippen LogP contribution in [0, 0.1) is 0 Å². The lowest BCUT2D eigenvalue weighted by Crippen LogP contribution is -2.08. The van der Waals surface area contributed by atoms with Gasteiger partial charge in [-0.25, -0.2) is 13.4 Å². The molecule has 8 heteroatoms. The van der Waals surface area contributed by atoms with Crippen LogP contribution in [0.25, 0.3) is 0 Å². The predicted octanol–water partition coefficient (Wildman–Crippen LogP) is 3.88. The summed E-state index contributed by atoms with van der Waals surface area (Å²) in [6.45, 7) is 1.73. The first-order valence-electron chi connectivity index (χ1n) is 4.24. The quantitative estimate of drug-likeness (QED) is 0.793. The molecule has 0 bridgehead atoms. The fourth-order valence-corrected chi connectivity index (χ4v) is 4.13. The Kier molecular flexibility index (Phi) is 4.72. The Morgan fingerprint density at radius 2 is 1.50 bits per heavy atom. The first kappa shape index (κ1) is 14.3. The molecule has 90 valence electrons. The Bertz CT molecular complexity index is 489. The fourth-order valence-electron chi connectivity index (χ4n) is 1.11. The van der Waals surface area contributed by atoms with Crippen LogP contribution in [0.15, 0.2) is 4.90 Å². The number of halogens is 4. The van der Waals surface area contributed by atoms with Gasteiger partial charge in [-0.1, -0.05) is 53.3 Å². The molecule has 0 spiro atoms. The minimum Gasteiger partial charge on any atom is -0.224 e. The van der Waals surface area contributed by atoms with E-state index in [0.29, 0.717) is 6.42 Å². The standard InChI is InChI=1S/C8H7Cl4NO2S/c1-2-3-16(14,15)6-4(9)7(11)13-8(12)5(6)10/h2-3H2,1H3. The maximum Gasteiger partial charge on any atom is 0.181 e. The van der Waals surface area contributed by atoms with Gasteiger partial charge in [0, 0.05) is 0 Å². The molecule has 0 N–H and O–H groups in total. The summed E-state index contributed by atoms with van der Waals surface area (Å²) in [4.78, 5) is 3.36. The maximum atomic E-state index is 11.9. The van der Waals surface area contributed by atoms with Crippen LogP contribution in [0.1, 0.15) is 13.3 Å². The second kappa shape index (κ2) is 5.27. The summed E-state index contributed by atoms with van der Waals surface area (Å²) in [5.74, 6) is -0.0802. The minimum absolute atomic E-state index is 0.0802. The van der Waals surface area contributed by atoms with Crippen molar-refractivity contribution in [3.05, 3.63) is 20.4 Å². The van der Waals surface area contributed by atoms with Gasteiger partial charge in [0.2, 0.25) is 0 Å². The van der Waals surface area contributed by atoms with Gasteiger partial charge >= 0.3 is 0 Å². The first-order chi connectivity index (χ1) is 7.31. The van der Waals surface area contributed by atoms with E-state index in [0.717, 1.165) is 0 Å². The van der Waals surface area contributed by atoms with Gasteiger partial charge in [-0.05, 0) is 6.42 Å². The van der Waals surface area contributed by atoms with Crippen LogP contribution in [0.2, 0.25) is 20.4 Å². The highest BCUT2D eigenvalue weighted by molar-refractivity contribution is 7.91. The van der Waals surface area contributed by atoms with Crippen LogP contribution >= 0.6 is 46.4 Å². The Hall–Kier alpha value is 0.260. The highest BCUT2D eigenvalue weighted by Gasteiger charge is 2.25. The third kappa shape index (κ3) is 2.74. The van der Waals surface area contributed by atoms with Gasteiger partial charge in [0.15, 0.2) is 20.1 Å². The molecule has 0 aliphatic carbocycles. The predicted molar refractivity (Wildman–Crippen MR) is 66.6 cm³/mol. The van der Waals surface area contributed by atoms with E-state index in [1.54, 1.807) is 6.92 Å². The topological polar surface area (TPSA) is 47.0 Å². The third-order valence-electron chi connectivity index (χ3n) is 1.74. The molecule has 0 saturated carbocycles. The molecule has 0 fully saturated rings. The zero-order valence-electron chi connectivity index (χ0n) is 8.10. The van der Waals surface area contributed by atoms with Crippen LogP contribution in [-0.4, -0.2) is 19.2 Å². The van der Waals surface area contributed by atoms with Crippen LogP contribution in [-0.2, 0) is 9.84 Å². The van der Waals surface area contributed by atoms with Crippen molar-refractivity contribution in [2.75, 3.05) is 5.75 Å². The largest absolute Gasteiger partial charge is 0.224 e. The molecule has 16 heavy (non-hydrogen) atoms. The van der Waals surface area contributed by atoms with E-state index in [1.807, 2.05) is 0 Å². The number of sulfone groups is 1. The molecular weight excluding hydrogens is 316 g/mol. The van der Waals surface area contributed by atoms with E-state index < -0.39 is 9.84 Å². The average molecular weight is 323 g/mol. The zero-order valence-corrected chi connectivity index (χ0v) is 11.9. The summed E-state index contributed by atoms with van der Waals surface area (Å²) in [5, 5.41) is -0.731. The van der Waals surface area contributed by atoms with Gasteiger partial charge in [-0.2, -0.15) is 0 Å². The van der Waals surface area contributed by atoms with Crippen molar-refractivity contribution in [2.45, 2.75) is 18.2 Å². The molecule has 3 nitrogen and oxygen atoms in total. The lowest BCUT2D eigenvalue weighted by molar-refractivity contribution is 0.594. The molecule has 1 rings (SSSR count). The summed E-state index contributed by atoms with van der Waals surface area (Å²) in [5.41, 5.74) is 0. The number of rotatable bonds is 3. The number of nitrogens with zero attached hydrogens (tertiary/aromatic N) is 1. The van der Waals surface area contributed by atoms with Gasteiger partial charge in [0.25, 0.3) is 0 Å². The summed E-state index contributed by atoms with van der Waals surface area (Å²) < 4.78 is 23.7. The molecule has 1 aromatic rings. The SMILES string of the molecule is CCCS(=O)(=O)c1c(Cl)c(Cl)nc(Cl)c1Cl.